The van der Waals surface area contributed by atoms with E-state index in [0.717, 1.165) is 30.7 Å². The molecule has 0 aliphatic heterocycles. The third-order valence-corrected chi connectivity index (χ3v) is 6.32. The summed E-state index contributed by atoms with van der Waals surface area (Å²) in [6.45, 7) is 3.41. The monoisotopic (exact) mass is 394 g/mol. The van der Waals surface area contributed by atoms with Gasteiger partial charge >= 0.3 is 0 Å². The van der Waals surface area contributed by atoms with Crippen LogP contribution in [0.4, 0.5) is 0 Å². The Kier molecular flexibility index (Phi) is 5.13. The van der Waals surface area contributed by atoms with Crippen LogP contribution in [0, 0.1) is 6.92 Å². The fourth-order valence-electron chi connectivity index (χ4n) is 3.50. The zero-order valence-electron chi connectivity index (χ0n) is 16.6. The Bertz CT molecular complexity index is 1000. The standard InChI is InChI=1S/C23H26N2O2S/c1-16-8-9-17(27-13-12-25(2)3)14-19(16)22(26)24-23(10-11-23)20-15-28-21-7-5-4-6-18(20)21/h4-9,14-15H,10-13H2,1-3H3,(H,24,26). The van der Waals surface area contributed by atoms with Gasteiger partial charge in [0.1, 0.15) is 12.4 Å². The highest BCUT2D eigenvalue weighted by Gasteiger charge is 2.47. The first-order chi connectivity index (χ1) is 13.5. The van der Waals surface area contributed by atoms with Crippen molar-refractivity contribution in [2.75, 3.05) is 27.2 Å². The van der Waals surface area contributed by atoms with Crippen LogP contribution in [-0.2, 0) is 5.54 Å². The van der Waals surface area contributed by atoms with Gasteiger partial charge in [0, 0.05) is 16.8 Å². The van der Waals surface area contributed by atoms with E-state index in [1.807, 2.05) is 39.2 Å². The molecule has 2 aromatic carbocycles. The minimum absolute atomic E-state index is 0.0247. The molecule has 1 amide bonds. The number of carbonyl (C=O) groups excluding carboxylic acids is 1. The first kappa shape index (κ1) is 19.0. The van der Waals surface area contributed by atoms with Gasteiger partial charge in [-0.05, 0) is 74.0 Å². The molecular weight excluding hydrogens is 368 g/mol. The summed E-state index contributed by atoms with van der Waals surface area (Å²) in [7, 11) is 4.03. The fraction of sp³-hybridized carbons (Fsp3) is 0.348. The number of amides is 1. The van der Waals surface area contributed by atoms with Crippen molar-refractivity contribution in [1.82, 2.24) is 10.2 Å². The molecule has 1 N–H and O–H groups in total. The molecule has 3 aromatic rings. The molecule has 0 atom stereocenters. The molecule has 28 heavy (non-hydrogen) atoms. The van der Waals surface area contributed by atoms with Crippen molar-refractivity contribution < 1.29 is 9.53 Å². The minimum atomic E-state index is -0.231. The maximum Gasteiger partial charge on any atom is 0.252 e. The maximum atomic E-state index is 13.1. The third-order valence-electron chi connectivity index (χ3n) is 5.36. The Balaban J connectivity index is 1.53. The van der Waals surface area contributed by atoms with Gasteiger partial charge in [-0.1, -0.05) is 24.3 Å². The van der Waals surface area contributed by atoms with Crippen LogP contribution in [0.25, 0.3) is 10.1 Å². The highest BCUT2D eigenvalue weighted by atomic mass is 32.1. The van der Waals surface area contributed by atoms with E-state index in [1.165, 1.54) is 15.6 Å². The molecule has 4 nitrogen and oxygen atoms in total. The average Bonchev–Trinajstić information content (AvgIpc) is 3.30. The van der Waals surface area contributed by atoms with Gasteiger partial charge in [0.15, 0.2) is 0 Å². The SMILES string of the molecule is Cc1ccc(OCCN(C)C)cc1C(=O)NC1(c2csc3ccccc23)CC1. The van der Waals surface area contributed by atoms with Crippen molar-refractivity contribution in [2.45, 2.75) is 25.3 Å². The Morgan fingerprint density at radius 2 is 2.00 bits per heavy atom. The smallest absolute Gasteiger partial charge is 0.252 e. The second-order valence-corrected chi connectivity index (χ2v) is 8.72. The van der Waals surface area contributed by atoms with E-state index in [-0.39, 0.29) is 11.4 Å². The number of nitrogens with one attached hydrogen (secondary N) is 1. The normalized spacial score (nSPS) is 15.0. The molecule has 0 saturated heterocycles. The molecule has 0 radical (unpaired) electrons. The first-order valence-corrected chi connectivity index (χ1v) is 10.5. The number of aryl methyl sites for hydroxylation is 1. The summed E-state index contributed by atoms with van der Waals surface area (Å²) in [5.74, 6) is 0.715. The van der Waals surface area contributed by atoms with E-state index in [4.69, 9.17) is 4.74 Å². The number of fused-ring (bicyclic) bond motifs is 1. The van der Waals surface area contributed by atoms with Crippen molar-refractivity contribution in [3.63, 3.8) is 0 Å². The number of hydrogen-bond donors (Lipinski definition) is 1. The highest BCUT2D eigenvalue weighted by Crippen LogP contribution is 2.49. The number of likely N-dealkylation sites (N-methyl/N-ethyl adjacent to an activating group) is 1. The number of benzene rings is 2. The van der Waals surface area contributed by atoms with Crippen molar-refractivity contribution in [2.24, 2.45) is 0 Å². The summed E-state index contributed by atoms with van der Waals surface area (Å²) >= 11 is 1.75. The second-order valence-electron chi connectivity index (χ2n) is 7.81. The van der Waals surface area contributed by atoms with Crippen LogP contribution in [0.1, 0.15) is 34.3 Å². The molecule has 146 valence electrons. The zero-order valence-corrected chi connectivity index (χ0v) is 17.4. The van der Waals surface area contributed by atoms with Gasteiger partial charge in [-0.15, -0.1) is 11.3 Å². The van der Waals surface area contributed by atoms with Gasteiger partial charge in [0.05, 0.1) is 5.54 Å². The Hall–Kier alpha value is -2.37. The summed E-state index contributed by atoms with van der Waals surface area (Å²) < 4.78 is 7.09. The van der Waals surface area contributed by atoms with Gasteiger partial charge in [0.2, 0.25) is 0 Å². The van der Waals surface area contributed by atoms with Crippen LogP contribution in [0.15, 0.2) is 47.8 Å². The molecule has 0 unspecified atom stereocenters. The first-order valence-electron chi connectivity index (χ1n) is 9.66. The van der Waals surface area contributed by atoms with Gasteiger partial charge in [0.25, 0.3) is 5.91 Å². The fourth-order valence-corrected chi connectivity index (χ4v) is 4.56. The van der Waals surface area contributed by atoms with Crippen molar-refractivity contribution in [3.8, 4) is 5.75 Å². The molecule has 1 aromatic heterocycles. The van der Waals surface area contributed by atoms with E-state index in [2.05, 4.69) is 39.9 Å². The van der Waals surface area contributed by atoms with Crippen LogP contribution < -0.4 is 10.1 Å². The lowest BCUT2D eigenvalue weighted by molar-refractivity contribution is 0.0930. The van der Waals surface area contributed by atoms with E-state index in [1.54, 1.807) is 11.3 Å². The van der Waals surface area contributed by atoms with Crippen LogP contribution in [-0.4, -0.2) is 38.1 Å². The van der Waals surface area contributed by atoms with Crippen LogP contribution in [0.2, 0.25) is 0 Å². The number of ether oxygens (including phenoxy) is 1. The van der Waals surface area contributed by atoms with E-state index >= 15 is 0 Å². The quantitative estimate of drug-likeness (QED) is 0.638. The lowest BCUT2D eigenvalue weighted by Gasteiger charge is -2.19. The average molecular weight is 395 g/mol. The van der Waals surface area contributed by atoms with Gasteiger partial charge in [-0.3, -0.25) is 4.79 Å². The predicted molar refractivity (Wildman–Crippen MR) is 115 cm³/mol. The topological polar surface area (TPSA) is 41.6 Å². The second kappa shape index (κ2) is 7.57. The molecule has 1 fully saturated rings. The van der Waals surface area contributed by atoms with Crippen LogP contribution >= 0.6 is 11.3 Å². The Morgan fingerprint density at radius 1 is 1.21 bits per heavy atom. The molecule has 0 spiro atoms. The Labute approximate surface area is 170 Å². The molecule has 5 heteroatoms. The summed E-state index contributed by atoms with van der Waals surface area (Å²) in [6.07, 6.45) is 1.97. The third kappa shape index (κ3) is 3.77. The number of thiophene rings is 1. The molecular formula is C23H26N2O2S. The zero-order chi connectivity index (χ0) is 19.7. The molecule has 0 bridgehead atoms. The molecule has 1 aliphatic carbocycles. The van der Waals surface area contributed by atoms with Gasteiger partial charge < -0.3 is 15.0 Å². The number of carbonyl (C=O) groups is 1. The van der Waals surface area contributed by atoms with E-state index < -0.39 is 0 Å². The molecule has 4 rings (SSSR count). The predicted octanol–water partition coefficient (Wildman–Crippen LogP) is 4.57. The number of rotatable bonds is 7. The van der Waals surface area contributed by atoms with Crippen molar-refractivity contribution >= 4 is 27.3 Å². The summed E-state index contributed by atoms with van der Waals surface area (Å²) in [4.78, 5) is 15.2. The lowest BCUT2D eigenvalue weighted by atomic mass is 10.0. The van der Waals surface area contributed by atoms with Gasteiger partial charge in [-0.25, -0.2) is 0 Å². The summed E-state index contributed by atoms with van der Waals surface area (Å²) in [5, 5.41) is 6.78. The van der Waals surface area contributed by atoms with Gasteiger partial charge in [-0.2, -0.15) is 0 Å². The molecule has 1 saturated carbocycles. The molecule has 1 heterocycles. The van der Waals surface area contributed by atoms with Crippen molar-refractivity contribution in [1.29, 1.82) is 0 Å². The van der Waals surface area contributed by atoms with E-state index in [9.17, 15) is 4.79 Å². The summed E-state index contributed by atoms with van der Waals surface area (Å²) in [5.41, 5.74) is 2.67. The number of hydrogen-bond acceptors (Lipinski definition) is 4. The number of nitrogens with zero attached hydrogens (tertiary/aromatic N) is 1. The van der Waals surface area contributed by atoms with Crippen molar-refractivity contribution in [3.05, 3.63) is 64.5 Å². The maximum absolute atomic E-state index is 13.1. The lowest BCUT2D eigenvalue weighted by Crippen LogP contribution is -2.35. The van der Waals surface area contributed by atoms with Crippen LogP contribution in [0.5, 0.6) is 5.75 Å². The largest absolute Gasteiger partial charge is 0.492 e. The highest BCUT2D eigenvalue weighted by molar-refractivity contribution is 7.17. The summed E-state index contributed by atoms with van der Waals surface area (Å²) in [6, 6.07) is 14.2. The Morgan fingerprint density at radius 3 is 2.75 bits per heavy atom. The van der Waals surface area contributed by atoms with E-state index in [0.29, 0.717) is 12.2 Å². The van der Waals surface area contributed by atoms with Crippen LogP contribution in [0.3, 0.4) is 0 Å². The molecule has 1 aliphatic rings. The minimum Gasteiger partial charge on any atom is -0.492 e.